The number of hydrogen-bond acceptors (Lipinski definition) is 4. The molecule has 2 unspecified atom stereocenters. The lowest BCUT2D eigenvalue weighted by molar-refractivity contribution is -0.133. The molecule has 0 saturated heterocycles. The smallest absolute Gasteiger partial charge is 0.332 e. The van der Waals surface area contributed by atoms with Gasteiger partial charge in [0.25, 0.3) is 0 Å². The summed E-state index contributed by atoms with van der Waals surface area (Å²) in [6.07, 6.45) is 8.99. The van der Waals surface area contributed by atoms with E-state index in [1.54, 1.807) is 12.2 Å². The fourth-order valence-electron chi connectivity index (χ4n) is 3.31. The first kappa shape index (κ1) is 17.3. The second-order valence-corrected chi connectivity index (χ2v) is 7.35. The van der Waals surface area contributed by atoms with Gasteiger partial charge in [-0.2, -0.15) is 5.26 Å². The molecule has 0 aliphatic heterocycles. The summed E-state index contributed by atoms with van der Waals surface area (Å²) < 4.78 is 0. The van der Waals surface area contributed by atoms with E-state index in [0.29, 0.717) is 21.9 Å². The van der Waals surface area contributed by atoms with Gasteiger partial charge in [-0.3, -0.25) is 4.79 Å². The van der Waals surface area contributed by atoms with E-state index < -0.39 is 5.97 Å². The van der Waals surface area contributed by atoms with Crippen LogP contribution in [0.5, 0.6) is 0 Å². The standard InChI is InChI=1S/C19H18N2O3S/c1-11-5-6-12(7-11)15-8-17(22)21-18(16(15)9-20)25-10-13-3-2-4-14(13)19(23)24/h2-5,8,12-13H,6-7,10H2,1H3,(H,21,22)(H,23,24). The van der Waals surface area contributed by atoms with E-state index >= 15 is 0 Å². The van der Waals surface area contributed by atoms with Crippen LogP contribution in [0.3, 0.4) is 0 Å². The van der Waals surface area contributed by atoms with Crippen LogP contribution in [0.2, 0.25) is 0 Å². The highest BCUT2D eigenvalue weighted by Crippen LogP contribution is 2.37. The molecule has 6 heteroatoms. The molecule has 0 saturated carbocycles. The number of allylic oxidation sites excluding steroid dienone is 5. The van der Waals surface area contributed by atoms with Gasteiger partial charge in [-0.15, -0.1) is 11.8 Å². The molecule has 1 aromatic heterocycles. The molecular formula is C19H18N2O3S. The van der Waals surface area contributed by atoms with E-state index in [4.69, 9.17) is 0 Å². The SMILES string of the molecule is CC1=CCC(c2cc(=O)[nH]c(SCC3C=CC=C3C(=O)O)c2C#N)C1. The lowest BCUT2D eigenvalue weighted by atomic mass is 9.93. The number of rotatable bonds is 5. The third-order valence-electron chi connectivity index (χ3n) is 4.58. The van der Waals surface area contributed by atoms with Gasteiger partial charge in [0.15, 0.2) is 0 Å². The first-order valence-electron chi connectivity index (χ1n) is 8.07. The largest absolute Gasteiger partial charge is 0.478 e. The molecule has 2 aliphatic carbocycles. The van der Waals surface area contributed by atoms with Gasteiger partial charge >= 0.3 is 5.97 Å². The Morgan fingerprint density at radius 3 is 2.96 bits per heavy atom. The number of carboxylic acids is 1. The molecule has 2 N–H and O–H groups in total. The van der Waals surface area contributed by atoms with Crippen molar-refractivity contribution in [3.8, 4) is 6.07 Å². The Labute approximate surface area is 149 Å². The molecule has 0 bridgehead atoms. The van der Waals surface area contributed by atoms with Gasteiger partial charge in [0.1, 0.15) is 6.07 Å². The number of aromatic amines is 1. The Bertz CT molecular complexity index is 902. The Morgan fingerprint density at radius 1 is 1.52 bits per heavy atom. The lowest BCUT2D eigenvalue weighted by Crippen LogP contribution is -2.14. The Hall–Kier alpha value is -2.52. The fraction of sp³-hybridized carbons (Fsp3) is 0.316. The first-order chi connectivity index (χ1) is 12.0. The van der Waals surface area contributed by atoms with Crippen molar-refractivity contribution in [3.05, 3.63) is 63.0 Å². The normalized spacial score (nSPS) is 21.8. The van der Waals surface area contributed by atoms with Crippen LogP contribution in [-0.4, -0.2) is 21.8 Å². The van der Waals surface area contributed by atoms with Crippen molar-refractivity contribution in [2.24, 2.45) is 5.92 Å². The molecule has 3 rings (SSSR count). The van der Waals surface area contributed by atoms with Crippen molar-refractivity contribution in [1.82, 2.24) is 4.98 Å². The Balaban J connectivity index is 1.84. The van der Waals surface area contributed by atoms with E-state index in [9.17, 15) is 20.0 Å². The summed E-state index contributed by atoms with van der Waals surface area (Å²) in [6, 6.07) is 3.75. The second kappa shape index (κ2) is 7.16. The van der Waals surface area contributed by atoms with Crippen LogP contribution < -0.4 is 5.56 Å². The van der Waals surface area contributed by atoms with Crippen molar-refractivity contribution < 1.29 is 9.90 Å². The zero-order valence-corrected chi connectivity index (χ0v) is 14.6. The molecule has 1 aromatic rings. The van der Waals surface area contributed by atoms with Crippen LogP contribution in [0.1, 0.15) is 36.8 Å². The predicted octanol–water partition coefficient (Wildman–Crippen LogP) is 3.36. The average molecular weight is 354 g/mol. The summed E-state index contributed by atoms with van der Waals surface area (Å²) in [4.78, 5) is 26.0. The number of carboxylic acid groups (broad SMARTS) is 1. The quantitative estimate of drug-likeness (QED) is 0.624. The fourth-order valence-corrected chi connectivity index (χ4v) is 4.42. The number of nitriles is 1. The van der Waals surface area contributed by atoms with Gasteiger partial charge in [-0.25, -0.2) is 4.79 Å². The minimum Gasteiger partial charge on any atom is -0.478 e. The van der Waals surface area contributed by atoms with E-state index in [2.05, 4.69) is 24.1 Å². The van der Waals surface area contributed by atoms with E-state index in [-0.39, 0.29) is 17.4 Å². The first-order valence-corrected chi connectivity index (χ1v) is 9.05. The van der Waals surface area contributed by atoms with Crippen LogP contribution in [0, 0.1) is 17.2 Å². The number of hydrogen-bond donors (Lipinski definition) is 2. The molecule has 5 nitrogen and oxygen atoms in total. The van der Waals surface area contributed by atoms with Crippen LogP contribution in [0.4, 0.5) is 0 Å². The van der Waals surface area contributed by atoms with Crippen LogP contribution >= 0.6 is 11.8 Å². The number of aliphatic carboxylic acids is 1. The van der Waals surface area contributed by atoms with E-state index in [1.165, 1.54) is 23.4 Å². The maximum Gasteiger partial charge on any atom is 0.332 e. The molecule has 0 amide bonds. The molecule has 0 spiro atoms. The minimum atomic E-state index is -0.939. The van der Waals surface area contributed by atoms with Crippen molar-refractivity contribution in [2.45, 2.75) is 30.7 Å². The van der Waals surface area contributed by atoms with Crippen molar-refractivity contribution in [3.63, 3.8) is 0 Å². The van der Waals surface area contributed by atoms with Gasteiger partial charge < -0.3 is 10.1 Å². The van der Waals surface area contributed by atoms with Crippen LogP contribution in [-0.2, 0) is 4.79 Å². The molecule has 25 heavy (non-hydrogen) atoms. The molecule has 1 heterocycles. The zero-order valence-electron chi connectivity index (χ0n) is 13.8. The van der Waals surface area contributed by atoms with Crippen molar-refractivity contribution in [1.29, 1.82) is 5.26 Å². The van der Waals surface area contributed by atoms with Gasteiger partial charge in [0.2, 0.25) is 5.56 Å². The van der Waals surface area contributed by atoms with Crippen molar-refractivity contribution in [2.75, 3.05) is 5.75 Å². The monoisotopic (exact) mass is 354 g/mol. The number of nitrogens with zero attached hydrogens (tertiary/aromatic N) is 1. The van der Waals surface area contributed by atoms with Crippen molar-refractivity contribution >= 4 is 17.7 Å². The molecular weight excluding hydrogens is 336 g/mol. The summed E-state index contributed by atoms with van der Waals surface area (Å²) in [6.45, 7) is 2.06. The summed E-state index contributed by atoms with van der Waals surface area (Å²) in [5, 5.41) is 19.4. The van der Waals surface area contributed by atoms with E-state index in [0.717, 1.165) is 18.4 Å². The Kier molecular flexibility index (Phi) is 4.95. The van der Waals surface area contributed by atoms with Crippen LogP contribution in [0.15, 0.2) is 51.3 Å². The maximum absolute atomic E-state index is 12.1. The predicted molar refractivity (Wildman–Crippen MR) is 96.6 cm³/mol. The molecule has 2 aliphatic rings. The molecule has 2 atom stereocenters. The summed E-state index contributed by atoms with van der Waals surface area (Å²) in [7, 11) is 0. The molecule has 128 valence electrons. The summed E-state index contributed by atoms with van der Waals surface area (Å²) >= 11 is 1.33. The minimum absolute atomic E-state index is 0.164. The number of aromatic nitrogens is 1. The number of nitrogens with one attached hydrogen (secondary N) is 1. The molecule has 0 radical (unpaired) electrons. The third-order valence-corrected chi connectivity index (χ3v) is 5.70. The number of pyridine rings is 1. The highest BCUT2D eigenvalue weighted by Gasteiger charge is 2.25. The van der Waals surface area contributed by atoms with E-state index in [1.807, 2.05) is 6.08 Å². The number of carbonyl (C=O) groups is 1. The highest BCUT2D eigenvalue weighted by molar-refractivity contribution is 7.99. The third kappa shape index (κ3) is 3.62. The van der Waals surface area contributed by atoms with Gasteiger partial charge in [0.05, 0.1) is 10.6 Å². The number of H-pyrrole nitrogens is 1. The summed E-state index contributed by atoms with van der Waals surface area (Å²) in [5.74, 6) is -0.537. The van der Waals surface area contributed by atoms with Crippen LogP contribution in [0.25, 0.3) is 0 Å². The zero-order chi connectivity index (χ0) is 18.0. The second-order valence-electron chi connectivity index (χ2n) is 6.32. The van der Waals surface area contributed by atoms with Gasteiger partial charge in [-0.1, -0.05) is 29.9 Å². The molecule has 0 aromatic carbocycles. The maximum atomic E-state index is 12.1. The Morgan fingerprint density at radius 2 is 2.32 bits per heavy atom. The van der Waals surface area contributed by atoms with Gasteiger partial charge in [-0.05, 0) is 31.2 Å². The number of thioether (sulfide) groups is 1. The van der Waals surface area contributed by atoms with Gasteiger partial charge in [0, 0.05) is 23.3 Å². The summed E-state index contributed by atoms with van der Waals surface area (Å²) in [5.41, 5.74) is 2.67. The average Bonchev–Trinajstić information content (AvgIpc) is 3.21. The molecule has 0 fully saturated rings. The topological polar surface area (TPSA) is 93.9 Å². The highest BCUT2D eigenvalue weighted by atomic mass is 32.2. The lowest BCUT2D eigenvalue weighted by Gasteiger charge is -2.15.